The Kier molecular flexibility index (Phi) is 10.9. The molecule has 1 aromatic heterocycles. The number of rotatable bonds is 5. The fourth-order valence-corrected chi connectivity index (χ4v) is 7.43. The Morgan fingerprint density at radius 1 is 0.980 bits per heavy atom. The van der Waals surface area contributed by atoms with Crippen LogP contribution >= 0.6 is 0 Å². The number of hydrogen-bond donors (Lipinski definition) is 2. The second-order valence-corrected chi connectivity index (χ2v) is 15.2. The molecule has 16 heteroatoms. The van der Waals surface area contributed by atoms with Crippen molar-refractivity contribution in [3.63, 3.8) is 0 Å². The Labute approximate surface area is 290 Å². The zero-order valence-corrected chi connectivity index (χ0v) is 28.7. The number of halogens is 1. The number of ether oxygens (including phenoxy) is 2. The van der Waals surface area contributed by atoms with Gasteiger partial charge in [0.25, 0.3) is 0 Å². The molecule has 3 amide bonds. The molecule has 0 saturated carbocycles. The minimum atomic E-state index is -3.30. The van der Waals surface area contributed by atoms with Crippen molar-refractivity contribution in [1.29, 1.82) is 0 Å². The molecule has 6 rings (SSSR count). The van der Waals surface area contributed by atoms with E-state index in [1.165, 1.54) is 18.4 Å². The van der Waals surface area contributed by atoms with E-state index in [0.29, 0.717) is 50.2 Å². The van der Waals surface area contributed by atoms with Crippen molar-refractivity contribution in [1.82, 2.24) is 35.4 Å². The van der Waals surface area contributed by atoms with Crippen LogP contribution in [0.4, 0.5) is 4.39 Å². The summed E-state index contributed by atoms with van der Waals surface area (Å²) in [5.74, 6) is -1.26. The number of hydrogen-bond acceptors (Lipinski definition) is 10. The zero-order chi connectivity index (χ0) is 35.3. The van der Waals surface area contributed by atoms with E-state index in [2.05, 4.69) is 25.8 Å². The van der Waals surface area contributed by atoms with Gasteiger partial charge in [-0.15, -0.1) is 5.10 Å². The molecule has 0 radical (unpaired) electrons. The van der Waals surface area contributed by atoms with Crippen molar-refractivity contribution >= 4 is 27.6 Å². The molecule has 3 saturated heterocycles. The lowest BCUT2D eigenvalue weighted by atomic mass is 9.83. The van der Waals surface area contributed by atoms with Crippen LogP contribution in [0.1, 0.15) is 37.3 Å². The maximum Gasteiger partial charge on any atom is 0.246 e. The highest BCUT2D eigenvalue weighted by Crippen LogP contribution is 2.33. The molecule has 0 aliphatic carbocycles. The smallest absolute Gasteiger partial charge is 0.246 e. The fourth-order valence-electron chi connectivity index (χ4n) is 6.80. The molecule has 1 spiro atoms. The van der Waals surface area contributed by atoms with Gasteiger partial charge in [-0.1, -0.05) is 17.3 Å². The summed E-state index contributed by atoms with van der Waals surface area (Å²) in [5.41, 5.74) is 1.31. The van der Waals surface area contributed by atoms with Crippen LogP contribution in [-0.4, -0.2) is 121 Å². The van der Waals surface area contributed by atoms with Crippen LogP contribution in [0.3, 0.4) is 0 Å². The normalized spacial score (nSPS) is 23.0. The van der Waals surface area contributed by atoms with Crippen LogP contribution in [0.25, 0.3) is 11.3 Å². The third kappa shape index (κ3) is 8.72. The van der Waals surface area contributed by atoms with Crippen LogP contribution in [0.5, 0.6) is 0 Å². The number of sulfone groups is 1. The molecule has 14 nitrogen and oxygen atoms in total. The quantitative estimate of drug-likeness (QED) is 0.395. The van der Waals surface area contributed by atoms with Crippen LogP contribution in [0.2, 0.25) is 0 Å². The van der Waals surface area contributed by atoms with Crippen molar-refractivity contribution < 1.29 is 36.7 Å². The van der Waals surface area contributed by atoms with Gasteiger partial charge in [0.05, 0.1) is 48.9 Å². The SMILES string of the molecule is CS(=O)(=O)c1ccc(CN2CCC3(CC2)CC(=O)N2C[C@@H](n4cc(-c5ccc(F)cc5)nn4)C[C@H]2C(=O)NCCOCCOCC(=O)N3)cc1. The minimum absolute atomic E-state index is 0.00651. The number of amides is 3. The average Bonchev–Trinajstić information content (AvgIpc) is 3.76. The van der Waals surface area contributed by atoms with E-state index in [-0.39, 0.29) is 80.4 Å². The van der Waals surface area contributed by atoms with Crippen molar-refractivity contribution in [2.24, 2.45) is 0 Å². The number of carbonyl (C=O) groups is 3. The van der Waals surface area contributed by atoms with E-state index >= 15 is 0 Å². The molecule has 268 valence electrons. The topological polar surface area (TPSA) is 165 Å². The van der Waals surface area contributed by atoms with Crippen molar-refractivity contribution in [3.8, 4) is 11.3 Å². The van der Waals surface area contributed by atoms with Crippen molar-refractivity contribution in [2.75, 3.05) is 58.9 Å². The number of benzene rings is 2. The molecule has 50 heavy (non-hydrogen) atoms. The summed E-state index contributed by atoms with van der Waals surface area (Å²) >= 11 is 0. The Balaban J connectivity index is 1.19. The molecule has 0 bridgehead atoms. The first-order valence-electron chi connectivity index (χ1n) is 16.7. The Morgan fingerprint density at radius 3 is 2.42 bits per heavy atom. The van der Waals surface area contributed by atoms with E-state index in [4.69, 9.17) is 9.47 Å². The lowest BCUT2D eigenvalue weighted by molar-refractivity contribution is -0.141. The van der Waals surface area contributed by atoms with Crippen LogP contribution in [0, 0.1) is 5.82 Å². The standard InChI is InChI=1S/C34H42FN7O7S/c1-50(46,47)28-8-2-24(3-9-28)20-40-13-10-34(11-14-40)19-32(44)41-21-27(42-22-29(38-39-42)25-4-6-26(35)7-5-25)18-30(41)33(45)36-12-15-48-16-17-49-23-31(43)37-34/h2-9,22,27,30H,10-21,23H2,1H3,(H,36,45)(H,37,43)/t27-,30-/m0/s1. The van der Waals surface area contributed by atoms with Gasteiger partial charge in [-0.25, -0.2) is 17.5 Å². The fraction of sp³-hybridized carbons (Fsp3) is 0.500. The highest BCUT2D eigenvalue weighted by molar-refractivity contribution is 7.90. The van der Waals surface area contributed by atoms with Gasteiger partial charge in [0.1, 0.15) is 24.2 Å². The summed E-state index contributed by atoms with van der Waals surface area (Å²) in [6.07, 6.45) is 4.17. The largest absolute Gasteiger partial charge is 0.377 e. The molecule has 4 heterocycles. The van der Waals surface area contributed by atoms with Gasteiger partial charge in [-0.3, -0.25) is 19.3 Å². The van der Waals surface area contributed by atoms with Gasteiger partial charge in [0, 0.05) is 51.0 Å². The summed E-state index contributed by atoms with van der Waals surface area (Å²) in [7, 11) is -3.30. The van der Waals surface area contributed by atoms with Gasteiger partial charge in [-0.2, -0.15) is 0 Å². The first-order valence-corrected chi connectivity index (χ1v) is 18.6. The van der Waals surface area contributed by atoms with Gasteiger partial charge >= 0.3 is 0 Å². The average molecular weight is 712 g/mol. The highest BCUT2D eigenvalue weighted by atomic mass is 32.2. The summed E-state index contributed by atoms with van der Waals surface area (Å²) in [5, 5.41) is 14.6. The second kappa shape index (κ2) is 15.3. The highest BCUT2D eigenvalue weighted by Gasteiger charge is 2.45. The van der Waals surface area contributed by atoms with E-state index in [9.17, 15) is 27.2 Å². The number of piperidine rings is 1. The lowest BCUT2D eigenvalue weighted by Crippen LogP contribution is -2.58. The zero-order valence-electron chi connectivity index (χ0n) is 27.9. The van der Waals surface area contributed by atoms with Gasteiger partial charge in [-0.05, 0) is 54.8 Å². The number of likely N-dealkylation sites (tertiary alicyclic amines) is 1. The van der Waals surface area contributed by atoms with Gasteiger partial charge < -0.3 is 25.0 Å². The Hall–Kier alpha value is -4.25. The molecular formula is C34H42FN7O7S. The van der Waals surface area contributed by atoms with E-state index < -0.39 is 21.4 Å². The molecule has 2 aromatic carbocycles. The third-order valence-corrected chi connectivity index (χ3v) is 10.7. The van der Waals surface area contributed by atoms with E-state index in [0.717, 1.165) is 5.56 Å². The maximum atomic E-state index is 14.2. The van der Waals surface area contributed by atoms with Crippen molar-refractivity contribution in [3.05, 3.63) is 66.1 Å². The molecule has 3 fully saturated rings. The number of carbonyl (C=O) groups excluding carboxylic acids is 3. The Bertz CT molecular complexity index is 1780. The van der Waals surface area contributed by atoms with Crippen LogP contribution < -0.4 is 10.6 Å². The number of fused-ring (bicyclic) bond motifs is 1. The summed E-state index contributed by atoms with van der Waals surface area (Å²) < 4.78 is 50.0. The molecule has 0 unspecified atom stereocenters. The van der Waals surface area contributed by atoms with Gasteiger partial charge in [0.2, 0.25) is 17.7 Å². The molecule has 3 aliphatic heterocycles. The van der Waals surface area contributed by atoms with Crippen LogP contribution in [0.15, 0.2) is 59.6 Å². The van der Waals surface area contributed by atoms with Gasteiger partial charge in [0.15, 0.2) is 9.84 Å². The summed E-state index contributed by atoms with van der Waals surface area (Å²) in [4.78, 5) is 44.9. The molecule has 2 atom stereocenters. The van der Waals surface area contributed by atoms with Crippen molar-refractivity contribution in [2.45, 2.75) is 54.7 Å². The molecule has 2 N–H and O–H groups in total. The number of aromatic nitrogens is 3. The summed E-state index contributed by atoms with van der Waals surface area (Å²) in [6, 6.07) is 11.6. The first kappa shape index (κ1) is 35.6. The number of nitrogens with zero attached hydrogens (tertiary/aromatic N) is 5. The minimum Gasteiger partial charge on any atom is -0.377 e. The lowest BCUT2D eigenvalue weighted by Gasteiger charge is -2.43. The second-order valence-electron chi connectivity index (χ2n) is 13.2. The predicted octanol–water partition coefficient (Wildman–Crippen LogP) is 1.33. The Morgan fingerprint density at radius 2 is 1.70 bits per heavy atom. The predicted molar refractivity (Wildman–Crippen MR) is 179 cm³/mol. The maximum absolute atomic E-state index is 14.2. The molecule has 3 aromatic rings. The number of nitrogens with one attached hydrogen (secondary N) is 2. The molecule has 3 aliphatic rings. The summed E-state index contributed by atoms with van der Waals surface area (Å²) in [6.45, 7) is 2.73. The van der Waals surface area contributed by atoms with E-state index in [1.54, 1.807) is 52.2 Å². The monoisotopic (exact) mass is 711 g/mol. The third-order valence-electron chi connectivity index (χ3n) is 9.54. The molecular weight excluding hydrogens is 669 g/mol. The van der Waals surface area contributed by atoms with Crippen LogP contribution in [-0.2, 0) is 40.2 Å². The van der Waals surface area contributed by atoms with E-state index in [1.807, 2.05) is 0 Å². The first-order chi connectivity index (χ1) is 24.0.